The van der Waals surface area contributed by atoms with Gasteiger partial charge in [0.05, 0.1) is 0 Å². The Morgan fingerprint density at radius 3 is 2.84 bits per heavy atom. The van der Waals surface area contributed by atoms with Gasteiger partial charge in [-0.15, -0.1) is 0 Å². The molecule has 2 N–H and O–H groups in total. The molecule has 1 amide bonds. The van der Waals surface area contributed by atoms with Gasteiger partial charge in [0.2, 0.25) is 5.95 Å². The molecule has 0 saturated carbocycles. The lowest BCUT2D eigenvalue weighted by Crippen LogP contribution is -2.25. The van der Waals surface area contributed by atoms with Crippen molar-refractivity contribution in [2.45, 2.75) is 40.0 Å². The fourth-order valence-corrected chi connectivity index (χ4v) is 1.53. The molecule has 1 aromatic heterocycles. The van der Waals surface area contributed by atoms with Crippen LogP contribution in [-0.4, -0.2) is 29.0 Å². The minimum Gasteiger partial charge on any atom is -0.354 e. The van der Waals surface area contributed by atoms with Crippen LogP contribution in [0.25, 0.3) is 0 Å². The largest absolute Gasteiger partial charge is 0.354 e. The van der Waals surface area contributed by atoms with E-state index in [1.165, 1.54) is 0 Å². The van der Waals surface area contributed by atoms with Crippen molar-refractivity contribution in [3.05, 3.63) is 18.0 Å². The van der Waals surface area contributed by atoms with Crippen LogP contribution in [0.2, 0.25) is 0 Å². The number of unbranched alkanes of at least 4 members (excludes halogenated alkanes) is 2. The van der Waals surface area contributed by atoms with E-state index in [2.05, 4.69) is 41.4 Å². The molecule has 1 aromatic rings. The molecule has 0 radical (unpaired) electrons. The SMILES string of the molecule is CCCCCNC(=O)c1ccnc(NCC(C)C)n1. The zero-order valence-electron chi connectivity index (χ0n) is 12.1. The number of carbonyl (C=O) groups excluding carboxylic acids is 1. The minimum absolute atomic E-state index is 0.133. The van der Waals surface area contributed by atoms with Crippen molar-refractivity contribution in [1.82, 2.24) is 15.3 Å². The van der Waals surface area contributed by atoms with Gasteiger partial charge in [0.1, 0.15) is 5.69 Å². The second-order valence-corrected chi connectivity index (χ2v) is 5.00. The van der Waals surface area contributed by atoms with Crippen LogP contribution in [0.3, 0.4) is 0 Å². The van der Waals surface area contributed by atoms with Crippen molar-refractivity contribution in [2.24, 2.45) is 5.92 Å². The van der Waals surface area contributed by atoms with Crippen LogP contribution >= 0.6 is 0 Å². The molecule has 0 unspecified atom stereocenters. The summed E-state index contributed by atoms with van der Waals surface area (Å²) in [5.74, 6) is 0.885. The quantitative estimate of drug-likeness (QED) is 0.708. The fourth-order valence-electron chi connectivity index (χ4n) is 1.53. The fraction of sp³-hybridized carbons (Fsp3) is 0.643. The van der Waals surface area contributed by atoms with Crippen LogP contribution in [0, 0.1) is 5.92 Å². The monoisotopic (exact) mass is 264 g/mol. The van der Waals surface area contributed by atoms with Gasteiger partial charge in [-0.25, -0.2) is 9.97 Å². The Hall–Kier alpha value is -1.65. The predicted molar refractivity (Wildman–Crippen MR) is 77.2 cm³/mol. The molecule has 19 heavy (non-hydrogen) atoms. The lowest BCUT2D eigenvalue weighted by molar-refractivity contribution is 0.0948. The summed E-state index contributed by atoms with van der Waals surface area (Å²) < 4.78 is 0. The number of nitrogens with zero attached hydrogens (tertiary/aromatic N) is 2. The number of hydrogen-bond donors (Lipinski definition) is 2. The van der Waals surface area contributed by atoms with E-state index in [-0.39, 0.29) is 5.91 Å². The van der Waals surface area contributed by atoms with Crippen LogP contribution in [0.4, 0.5) is 5.95 Å². The second kappa shape index (κ2) is 8.45. The summed E-state index contributed by atoms with van der Waals surface area (Å²) in [6, 6.07) is 1.63. The highest BCUT2D eigenvalue weighted by atomic mass is 16.1. The summed E-state index contributed by atoms with van der Waals surface area (Å²) in [5, 5.41) is 5.98. The maximum atomic E-state index is 11.9. The van der Waals surface area contributed by atoms with Crippen molar-refractivity contribution in [3.8, 4) is 0 Å². The molecule has 0 atom stereocenters. The maximum absolute atomic E-state index is 11.9. The van der Waals surface area contributed by atoms with Crippen molar-refractivity contribution < 1.29 is 4.79 Å². The standard InChI is InChI=1S/C14H24N4O/c1-4-5-6-8-15-13(19)12-7-9-16-14(18-12)17-10-11(2)3/h7,9,11H,4-6,8,10H2,1-3H3,(H,15,19)(H,16,17,18). The number of anilines is 1. The third kappa shape index (κ3) is 6.18. The molecule has 0 spiro atoms. The van der Waals surface area contributed by atoms with Crippen molar-refractivity contribution in [3.63, 3.8) is 0 Å². The summed E-state index contributed by atoms with van der Waals surface area (Å²) in [6.45, 7) is 7.85. The zero-order valence-corrected chi connectivity index (χ0v) is 12.1. The third-order valence-corrected chi connectivity index (χ3v) is 2.62. The number of carbonyl (C=O) groups is 1. The first kappa shape index (κ1) is 15.4. The zero-order chi connectivity index (χ0) is 14.1. The van der Waals surface area contributed by atoms with E-state index in [0.29, 0.717) is 24.1 Å². The van der Waals surface area contributed by atoms with Gasteiger partial charge >= 0.3 is 0 Å². The average Bonchev–Trinajstić information content (AvgIpc) is 2.41. The Morgan fingerprint density at radius 1 is 1.37 bits per heavy atom. The topological polar surface area (TPSA) is 66.9 Å². The van der Waals surface area contributed by atoms with E-state index in [9.17, 15) is 4.79 Å². The first-order valence-corrected chi connectivity index (χ1v) is 6.98. The number of nitrogens with one attached hydrogen (secondary N) is 2. The van der Waals surface area contributed by atoms with Gasteiger partial charge in [-0.3, -0.25) is 4.79 Å². The Labute approximate surface area is 115 Å². The third-order valence-electron chi connectivity index (χ3n) is 2.62. The number of aromatic nitrogens is 2. The molecule has 0 bridgehead atoms. The Bertz CT molecular complexity index is 393. The maximum Gasteiger partial charge on any atom is 0.270 e. The van der Waals surface area contributed by atoms with Gasteiger partial charge in [0.15, 0.2) is 0 Å². The summed E-state index contributed by atoms with van der Waals surface area (Å²) >= 11 is 0. The summed E-state index contributed by atoms with van der Waals surface area (Å²) in [6.07, 6.45) is 4.89. The molecule has 106 valence electrons. The van der Waals surface area contributed by atoms with E-state index in [0.717, 1.165) is 25.8 Å². The van der Waals surface area contributed by atoms with Gasteiger partial charge in [-0.05, 0) is 18.4 Å². The molecule has 0 aliphatic rings. The molecule has 0 fully saturated rings. The number of amides is 1. The average molecular weight is 264 g/mol. The van der Waals surface area contributed by atoms with Crippen molar-refractivity contribution in [1.29, 1.82) is 0 Å². The van der Waals surface area contributed by atoms with E-state index in [1.807, 2.05) is 0 Å². The van der Waals surface area contributed by atoms with Crippen molar-refractivity contribution in [2.75, 3.05) is 18.4 Å². The van der Waals surface area contributed by atoms with Crippen LogP contribution in [0.1, 0.15) is 50.5 Å². The van der Waals surface area contributed by atoms with Gasteiger partial charge in [-0.1, -0.05) is 33.6 Å². The molecule has 5 nitrogen and oxygen atoms in total. The van der Waals surface area contributed by atoms with Crippen LogP contribution in [0.5, 0.6) is 0 Å². The van der Waals surface area contributed by atoms with E-state index in [1.54, 1.807) is 12.3 Å². The van der Waals surface area contributed by atoms with Crippen molar-refractivity contribution >= 4 is 11.9 Å². The van der Waals surface area contributed by atoms with Gasteiger partial charge < -0.3 is 10.6 Å². The summed E-state index contributed by atoms with van der Waals surface area (Å²) in [4.78, 5) is 20.2. The lowest BCUT2D eigenvalue weighted by atomic mass is 10.2. The van der Waals surface area contributed by atoms with Crippen LogP contribution in [-0.2, 0) is 0 Å². The highest BCUT2D eigenvalue weighted by Crippen LogP contribution is 2.02. The molecular weight excluding hydrogens is 240 g/mol. The van der Waals surface area contributed by atoms with Gasteiger partial charge in [-0.2, -0.15) is 0 Å². The molecule has 1 heterocycles. The Balaban J connectivity index is 2.48. The first-order chi connectivity index (χ1) is 9.13. The minimum atomic E-state index is -0.133. The summed E-state index contributed by atoms with van der Waals surface area (Å²) in [7, 11) is 0. The summed E-state index contributed by atoms with van der Waals surface area (Å²) in [5.41, 5.74) is 0.415. The normalized spacial score (nSPS) is 10.5. The lowest BCUT2D eigenvalue weighted by Gasteiger charge is -2.08. The van der Waals surface area contributed by atoms with Crippen LogP contribution < -0.4 is 10.6 Å². The molecule has 5 heteroatoms. The Kier molecular flexibility index (Phi) is 6.85. The van der Waals surface area contributed by atoms with E-state index >= 15 is 0 Å². The van der Waals surface area contributed by atoms with E-state index in [4.69, 9.17) is 0 Å². The second-order valence-electron chi connectivity index (χ2n) is 5.00. The molecule has 0 aromatic carbocycles. The molecule has 0 aliphatic carbocycles. The Morgan fingerprint density at radius 2 is 2.16 bits per heavy atom. The number of rotatable bonds is 8. The molecule has 0 aliphatic heterocycles. The van der Waals surface area contributed by atoms with Gasteiger partial charge in [0.25, 0.3) is 5.91 Å². The molecular formula is C14H24N4O. The van der Waals surface area contributed by atoms with Gasteiger partial charge in [0, 0.05) is 19.3 Å². The predicted octanol–water partition coefficient (Wildman–Crippen LogP) is 2.46. The smallest absolute Gasteiger partial charge is 0.270 e. The highest BCUT2D eigenvalue weighted by Gasteiger charge is 2.08. The molecule has 1 rings (SSSR count). The molecule has 0 saturated heterocycles. The van der Waals surface area contributed by atoms with Crippen LogP contribution in [0.15, 0.2) is 12.3 Å². The van der Waals surface area contributed by atoms with E-state index < -0.39 is 0 Å². The number of hydrogen-bond acceptors (Lipinski definition) is 4. The highest BCUT2D eigenvalue weighted by molar-refractivity contribution is 5.92. The first-order valence-electron chi connectivity index (χ1n) is 6.98.